The lowest BCUT2D eigenvalue weighted by Crippen LogP contribution is -2.29. The first-order chi connectivity index (χ1) is 11.0. The van der Waals surface area contributed by atoms with Gasteiger partial charge in [0.05, 0.1) is 5.69 Å². The third-order valence-corrected chi connectivity index (χ3v) is 4.47. The Hall–Kier alpha value is -2.30. The first-order valence-corrected chi connectivity index (χ1v) is 8.01. The molecule has 0 unspecified atom stereocenters. The monoisotopic (exact) mass is 313 g/mol. The lowest BCUT2D eigenvalue weighted by Gasteiger charge is -2.17. The molecule has 3 rings (SSSR count). The van der Waals surface area contributed by atoms with Gasteiger partial charge in [-0.3, -0.25) is 9.89 Å². The zero-order chi connectivity index (χ0) is 16.6. The van der Waals surface area contributed by atoms with Crippen LogP contribution in [0.25, 0.3) is 0 Å². The summed E-state index contributed by atoms with van der Waals surface area (Å²) >= 11 is 0. The van der Waals surface area contributed by atoms with Gasteiger partial charge >= 0.3 is 0 Å². The average molecular weight is 313 g/mol. The van der Waals surface area contributed by atoms with E-state index < -0.39 is 0 Å². The molecule has 0 fully saturated rings. The van der Waals surface area contributed by atoms with Crippen LogP contribution in [0.5, 0.6) is 5.75 Å². The Morgan fingerprint density at radius 1 is 1.43 bits per heavy atom. The van der Waals surface area contributed by atoms with Crippen LogP contribution >= 0.6 is 0 Å². The summed E-state index contributed by atoms with van der Waals surface area (Å²) in [6.07, 6.45) is 1.87. The fourth-order valence-electron chi connectivity index (χ4n) is 3.10. The molecule has 1 aromatic carbocycles. The van der Waals surface area contributed by atoms with E-state index in [-0.39, 0.29) is 12.0 Å². The first kappa shape index (κ1) is 15.6. The van der Waals surface area contributed by atoms with Crippen molar-refractivity contribution in [2.75, 3.05) is 13.6 Å². The van der Waals surface area contributed by atoms with Gasteiger partial charge in [0, 0.05) is 31.3 Å². The Labute approximate surface area is 136 Å². The molecule has 2 aromatic rings. The fraction of sp³-hybridized carbons (Fsp3) is 0.444. The lowest BCUT2D eigenvalue weighted by atomic mass is 10.1. The number of carbonyl (C=O) groups excluding carboxylic acids is 1. The molecular weight excluding hydrogens is 290 g/mol. The Morgan fingerprint density at radius 3 is 2.91 bits per heavy atom. The number of hydrogen-bond donors (Lipinski definition) is 1. The number of aromatic nitrogens is 2. The number of aromatic amines is 1. The fourth-order valence-corrected chi connectivity index (χ4v) is 3.10. The molecular formula is C18H23N3O2. The number of nitrogens with one attached hydrogen (secondary N) is 1. The van der Waals surface area contributed by atoms with Crippen molar-refractivity contribution in [1.29, 1.82) is 0 Å². The van der Waals surface area contributed by atoms with Crippen LogP contribution in [0, 0.1) is 13.8 Å². The van der Waals surface area contributed by atoms with Crippen molar-refractivity contribution in [3.05, 3.63) is 46.3 Å². The summed E-state index contributed by atoms with van der Waals surface area (Å²) in [4.78, 5) is 14.4. The van der Waals surface area contributed by atoms with E-state index >= 15 is 0 Å². The van der Waals surface area contributed by atoms with Gasteiger partial charge in [-0.25, -0.2) is 0 Å². The smallest absolute Gasteiger partial charge is 0.253 e. The quantitative estimate of drug-likeness (QED) is 0.944. The third-order valence-electron chi connectivity index (χ3n) is 4.47. The maximum Gasteiger partial charge on any atom is 0.253 e. The first-order valence-electron chi connectivity index (χ1n) is 8.01. The van der Waals surface area contributed by atoms with Gasteiger partial charge in [-0.05, 0) is 56.5 Å². The Bertz CT molecular complexity index is 716. The molecule has 1 aromatic heterocycles. The number of carbonyl (C=O) groups is 1. The van der Waals surface area contributed by atoms with E-state index in [1.54, 1.807) is 4.90 Å². The van der Waals surface area contributed by atoms with Gasteiger partial charge in [0.2, 0.25) is 0 Å². The van der Waals surface area contributed by atoms with Crippen molar-refractivity contribution in [2.24, 2.45) is 0 Å². The highest BCUT2D eigenvalue weighted by Crippen LogP contribution is 2.29. The van der Waals surface area contributed by atoms with Gasteiger partial charge in [0.25, 0.3) is 5.91 Å². The predicted molar refractivity (Wildman–Crippen MR) is 89.0 cm³/mol. The summed E-state index contributed by atoms with van der Waals surface area (Å²) in [5.41, 5.74) is 5.13. The second-order valence-electron chi connectivity index (χ2n) is 6.34. The van der Waals surface area contributed by atoms with E-state index in [2.05, 4.69) is 10.2 Å². The van der Waals surface area contributed by atoms with Crippen LogP contribution in [0.4, 0.5) is 0 Å². The molecule has 1 aliphatic rings. The SMILES string of the molecule is Cc1n[nH]c(C)c1CCN(C)C(=O)c1ccc2c(c1)C[C@H](C)O2. The van der Waals surface area contributed by atoms with Crippen LogP contribution in [0.3, 0.4) is 0 Å². The number of likely N-dealkylation sites (N-methyl/N-ethyl adjacent to an activating group) is 1. The summed E-state index contributed by atoms with van der Waals surface area (Å²) in [6, 6.07) is 5.72. The number of hydrogen-bond acceptors (Lipinski definition) is 3. The summed E-state index contributed by atoms with van der Waals surface area (Å²) < 4.78 is 5.69. The van der Waals surface area contributed by atoms with Crippen molar-refractivity contribution in [3.63, 3.8) is 0 Å². The van der Waals surface area contributed by atoms with E-state index in [9.17, 15) is 4.79 Å². The number of fused-ring (bicyclic) bond motifs is 1. The van der Waals surface area contributed by atoms with Gasteiger partial charge < -0.3 is 9.64 Å². The molecule has 0 spiro atoms. The number of H-pyrrole nitrogens is 1. The minimum atomic E-state index is 0.0474. The zero-order valence-electron chi connectivity index (χ0n) is 14.1. The molecule has 1 atom stereocenters. The second kappa shape index (κ2) is 6.07. The molecule has 23 heavy (non-hydrogen) atoms. The van der Waals surface area contributed by atoms with Crippen LogP contribution in [-0.2, 0) is 12.8 Å². The molecule has 5 nitrogen and oxygen atoms in total. The highest BCUT2D eigenvalue weighted by molar-refractivity contribution is 5.94. The van der Waals surface area contributed by atoms with E-state index in [4.69, 9.17) is 4.74 Å². The number of ether oxygens (including phenoxy) is 1. The lowest BCUT2D eigenvalue weighted by molar-refractivity contribution is 0.0796. The summed E-state index contributed by atoms with van der Waals surface area (Å²) in [5.74, 6) is 0.951. The number of benzene rings is 1. The maximum atomic E-state index is 12.6. The molecule has 5 heteroatoms. The molecule has 0 radical (unpaired) electrons. The standard InChI is InChI=1S/C18H23N3O2/c1-11-9-15-10-14(5-6-17(15)23-11)18(22)21(4)8-7-16-12(2)19-20-13(16)3/h5-6,10-11H,7-9H2,1-4H3,(H,19,20)/t11-/m0/s1. The highest BCUT2D eigenvalue weighted by Gasteiger charge is 2.21. The Balaban J connectivity index is 1.67. The van der Waals surface area contributed by atoms with Gasteiger partial charge in [0.15, 0.2) is 0 Å². The van der Waals surface area contributed by atoms with Crippen LogP contribution < -0.4 is 4.74 Å². The Kier molecular flexibility index (Phi) is 4.11. The molecule has 0 saturated carbocycles. The van der Waals surface area contributed by atoms with Gasteiger partial charge in [-0.1, -0.05) is 0 Å². The Morgan fingerprint density at radius 2 is 2.22 bits per heavy atom. The van der Waals surface area contributed by atoms with Crippen molar-refractivity contribution < 1.29 is 9.53 Å². The average Bonchev–Trinajstić information content (AvgIpc) is 3.05. The molecule has 0 aliphatic carbocycles. The number of nitrogens with zero attached hydrogens (tertiary/aromatic N) is 2. The molecule has 1 N–H and O–H groups in total. The van der Waals surface area contributed by atoms with Crippen LogP contribution in [0.15, 0.2) is 18.2 Å². The zero-order valence-corrected chi connectivity index (χ0v) is 14.1. The van der Waals surface area contributed by atoms with Gasteiger partial charge in [-0.15, -0.1) is 0 Å². The van der Waals surface area contributed by atoms with Crippen molar-refractivity contribution in [1.82, 2.24) is 15.1 Å². The molecule has 1 aliphatic heterocycles. The van der Waals surface area contributed by atoms with Crippen LogP contribution in [0.1, 0.15) is 39.8 Å². The largest absolute Gasteiger partial charge is 0.490 e. The van der Waals surface area contributed by atoms with Gasteiger partial charge in [0.1, 0.15) is 11.9 Å². The highest BCUT2D eigenvalue weighted by atomic mass is 16.5. The topological polar surface area (TPSA) is 58.2 Å². The molecule has 2 heterocycles. The number of aryl methyl sites for hydroxylation is 2. The van der Waals surface area contributed by atoms with E-state index in [1.165, 1.54) is 5.56 Å². The maximum absolute atomic E-state index is 12.6. The predicted octanol–water partition coefficient (Wildman–Crippen LogP) is 2.66. The van der Waals surface area contributed by atoms with E-state index in [0.29, 0.717) is 6.54 Å². The van der Waals surface area contributed by atoms with Gasteiger partial charge in [-0.2, -0.15) is 5.10 Å². The normalized spacial score (nSPS) is 16.1. The second-order valence-corrected chi connectivity index (χ2v) is 6.34. The summed E-state index contributed by atoms with van der Waals surface area (Å²) in [6.45, 7) is 6.72. The summed E-state index contributed by atoms with van der Waals surface area (Å²) in [5, 5.41) is 7.19. The van der Waals surface area contributed by atoms with Crippen LogP contribution in [0.2, 0.25) is 0 Å². The van der Waals surface area contributed by atoms with Crippen molar-refractivity contribution >= 4 is 5.91 Å². The van der Waals surface area contributed by atoms with E-state index in [1.807, 2.05) is 46.0 Å². The number of rotatable bonds is 4. The third kappa shape index (κ3) is 3.09. The van der Waals surface area contributed by atoms with E-state index in [0.717, 1.165) is 41.1 Å². The van der Waals surface area contributed by atoms with Crippen LogP contribution in [-0.4, -0.2) is 40.7 Å². The minimum Gasteiger partial charge on any atom is -0.490 e. The molecule has 1 amide bonds. The molecule has 0 bridgehead atoms. The molecule has 0 saturated heterocycles. The molecule has 122 valence electrons. The van der Waals surface area contributed by atoms with Crippen molar-refractivity contribution in [3.8, 4) is 5.75 Å². The summed E-state index contributed by atoms with van der Waals surface area (Å²) in [7, 11) is 1.85. The number of amides is 1. The minimum absolute atomic E-state index is 0.0474. The van der Waals surface area contributed by atoms with Crippen molar-refractivity contribution in [2.45, 2.75) is 39.7 Å².